The van der Waals surface area contributed by atoms with Crippen LogP contribution in [0.1, 0.15) is 6.92 Å². The predicted octanol–water partition coefficient (Wildman–Crippen LogP) is 0.380. The molecule has 0 saturated heterocycles. The van der Waals surface area contributed by atoms with Gasteiger partial charge in [-0.05, 0) is 6.92 Å². The molecule has 1 amide bonds. The van der Waals surface area contributed by atoms with Crippen LogP contribution in [0, 0.1) is 0 Å². The van der Waals surface area contributed by atoms with Crippen LogP contribution < -0.4 is 11.9 Å². The number of amides is 1. The Morgan fingerprint density at radius 2 is 1.89 bits per heavy atom. The third-order valence-electron chi connectivity index (χ3n) is 0.287. The Balaban J connectivity index is -0.0000000417. The highest BCUT2D eigenvalue weighted by Gasteiger charge is 1.82. The molecule has 5 N–H and O–H groups in total. The van der Waals surface area contributed by atoms with Gasteiger partial charge in [0.05, 0.1) is 6.61 Å². The van der Waals surface area contributed by atoms with Gasteiger partial charge in [-0.2, -0.15) is 19.8 Å². The number of ether oxygens (including phenoxy) is 1. The molecular formula is C3H16N2O2P2. The highest BCUT2D eigenvalue weighted by molar-refractivity contribution is 6.92. The summed E-state index contributed by atoms with van der Waals surface area (Å²) in [6, 6.07) is 0. The summed E-state index contributed by atoms with van der Waals surface area (Å²) in [6.07, 6.45) is -0.711. The van der Waals surface area contributed by atoms with Crippen molar-refractivity contribution >= 4 is 25.9 Å². The number of rotatable bonds is 1. The monoisotopic (exact) mass is 174 g/mol. The molecule has 0 aromatic carbocycles. The minimum atomic E-state index is -0.711. The second-order valence-corrected chi connectivity index (χ2v) is 0.752. The average molecular weight is 174 g/mol. The Bertz CT molecular complexity index is 61.8. The lowest BCUT2D eigenvalue weighted by atomic mass is 10.9. The van der Waals surface area contributed by atoms with E-state index in [-0.39, 0.29) is 25.9 Å². The summed E-state index contributed by atoms with van der Waals surface area (Å²) in [5.41, 5.74) is 4.54. The lowest BCUT2D eigenvalue weighted by molar-refractivity contribution is 0.163. The lowest BCUT2D eigenvalue weighted by Gasteiger charge is -1.89. The van der Waals surface area contributed by atoms with Crippen LogP contribution in [0.4, 0.5) is 4.79 Å². The fourth-order valence-corrected chi connectivity index (χ4v) is 0.142. The molecule has 0 aromatic rings. The Hall–Kier alpha value is 0.0900. The van der Waals surface area contributed by atoms with Gasteiger partial charge in [0.25, 0.3) is 0 Å². The molecule has 0 aromatic heterocycles. The van der Waals surface area contributed by atoms with E-state index >= 15 is 0 Å². The molecule has 0 spiro atoms. The molecule has 4 nitrogen and oxygen atoms in total. The fraction of sp³-hybridized carbons (Fsp3) is 0.667. The zero-order valence-corrected chi connectivity index (χ0v) is 8.55. The van der Waals surface area contributed by atoms with E-state index < -0.39 is 6.09 Å². The van der Waals surface area contributed by atoms with Crippen LogP contribution in [0.15, 0.2) is 0 Å². The van der Waals surface area contributed by atoms with Crippen molar-refractivity contribution in [3.63, 3.8) is 0 Å². The smallest absolute Gasteiger partial charge is 0.404 e. The van der Waals surface area contributed by atoms with Gasteiger partial charge < -0.3 is 16.6 Å². The number of carbonyl (C=O) groups excluding carboxylic acids is 1. The van der Waals surface area contributed by atoms with Crippen LogP contribution in [-0.4, -0.2) is 12.7 Å². The van der Waals surface area contributed by atoms with Gasteiger partial charge >= 0.3 is 6.09 Å². The van der Waals surface area contributed by atoms with Gasteiger partial charge in [-0.1, -0.05) is 0 Å². The van der Waals surface area contributed by atoms with Crippen LogP contribution in [-0.2, 0) is 4.74 Å². The predicted molar refractivity (Wildman–Crippen MR) is 48.4 cm³/mol. The van der Waals surface area contributed by atoms with E-state index in [1.807, 2.05) is 0 Å². The minimum Gasteiger partial charge on any atom is -0.450 e. The second-order valence-electron chi connectivity index (χ2n) is 0.752. The quantitative estimate of drug-likeness (QED) is 0.563. The van der Waals surface area contributed by atoms with Crippen LogP contribution >= 0.6 is 19.8 Å². The van der Waals surface area contributed by atoms with Crippen molar-refractivity contribution in [2.24, 2.45) is 5.73 Å². The van der Waals surface area contributed by atoms with Gasteiger partial charge in [-0.3, -0.25) is 0 Å². The highest BCUT2D eigenvalue weighted by atomic mass is 31.0. The molecule has 0 radical (unpaired) electrons. The summed E-state index contributed by atoms with van der Waals surface area (Å²) in [6.45, 7) is 2.06. The molecule has 0 fully saturated rings. The van der Waals surface area contributed by atoms with Gasteiger partial charge in [-0.15, -0.1) is 0 Å². The van der Waals surface area contributed by atoms with Gasteiger partial charge in [-0.25, -0.2) is 4.79 Å². The summed E-state index contributed by atoms with van der Waals surface area (Å²) in [5, 5.41) is 0. The zero-order chi connectivity index (χ0) is 4.99. The number of primary amides is 1. The number of nitrogens with two attached hydrogens (primary N) is 1. The minimum absolute atomic E-state index is 0. The molecule has 0 saturated carbocycles. The molecular weight excluding hydrogens is 158 g/mol. The molecule has 6 heteroatoms. The summed E-state index contributed by atoms with van der Waals surface area (Å²) < 4.78 is 4.18. The molecule has 9 heavy (non-hydrogen) atoms. The molecule has 60 valence electrons. The van der Waals surface area contributed by atoms with Crippen LogP contribution in [0.5, 0.6) is 0 Å². The molecule has 2 unspecified atom stereocenters. The van der Waals surface area contributed by atoms with Crippen molar-refractivity contribution in [3.8, 4) is 0 Å². The normalized spacial score (nSPS) is 5.00. The Morgan fingerprint density at radius 3 is 1.89 bits per heavy atom. The van der Waals surface area contributed by atoms with E-state index in [4.69, 9.17) is 0 Å². The standard InChI is InChI=1S/C3H7NO2.H3N.2H3P/c1-2-6-3(4)5;;;/h2H2,1H3,(H2,4,5);3*1H3. The average Bonchev–Trinajstić information content (AvgIpc) is 1.35. The third-order valence-corrected chi connectivity index (χ3v) is 0.287. The van der Waals surface area contributed by atoms with E-state index in [9.17, 15) is 4.79 Å². The third kappa shape index (κ3) is 31.4. The number of carbonyl (C=O) groups is 1. The number of hydrogen-bond donors (Lipinski definition) is 2. The molecule has 0 rings (SSSR count). The molecule has 0 heterocycles. The van der Waals surface area contributed by atoms with E-state index in [0.717, 1.165) is 0 Å². The highest BCUT2D eigenvalue weighted by Crippen LogP contribution is 1.66. The molecule has 0 bridgehead atoms. The van der Waals surface area contributed by atoms with E-state index in [0.29, 0.717) is 6.61 Å². The van der Waals surface area contributed by atoms with Gasteiger partial charge in [0, 0.05) is 0 Å². The first kappa shape index (κ1) is 23.0. The summed E-state index contributed by atoms with van der Waals surface area (Å²) in [5.74, 6) is 0. The zero-order valence-electron chi connectivity index (χ0n) is 5.72. The molecule has 0 aliphatic carbocycles. The lowest BCUT2D eigenvalue weighted by Crippen LogP contribution is -2.11. The fourth-order valence-electron chi connectivity index (χ4n) is 0.142. The number of hydrogen-bond acceptors (Lipinski definition) is 3. The maximum atomic E-state index is 9.60. The summed E-state index contributed by atoms with van der Waals surface area (Å²) in [7, 11) is 0. The largest absolute Gasteiger partial charge is 0.450 e. The topological polar surface area (TPSA) is 87.3 Å². The van der Waals surface area contributed by atoms with Crippen LogP contribution in [0.25, 0.3) is 0 Å². The van der Waals surface area contributed by atoms with Crippen LogP contribution in [0.2, 0.25) is 0 Å². The maximum absolute atomic E-state index is 9.60. The van der Waals surface area contributed by atoms with Crippen molar-refractivity contribution in [1.82, 2.24) is 6.15 Å². The Morgan fingerprint density at radius 1 is 1.56 bits per heavy atom. The summed E-state index contributed by atoms with van der Waals surface area (Å²) in [4.78, 5) is 9.60. The first-order valence-corrected chi connectivity index (χ1v) is 1.69. The first-order valence-electron chi connectivity index (χ1n) is 1.69. The van der Waals surface area contributed by atoms with Crippen molar-refractivity contribution in [2.45, 2.75) is 6.92 Å². The molecule has 0 aliphatic heterocycles. The SMILES string of the molecule is CCOC(N)=O.N.P.P. The van der Waals surface area contributed by atoms with Crippen molar-refractivity contribution in [1.29, 1.82) is 0 Å². The second kappa shape index (κ2) is 15.7. The van der Waals surface area contributed by atoms with E-state index in [2.05, 4.69) is 10.5 Å². The van der Waals surface area contributed by atoms with Crippen molar-refractivity contribution < 1.29 is 9.53 Å². The van der Waals surface area contributed by atoms with E-state index in [1.54, 1.807) is 6.92 Å². The Labute approximate surface area is 61.7 Å². The van der Waals surface area contributed by atoms with E-state index in [1.165, 1.54) is 0 Å². The first-order chi connectivity index (χ1) is 2.77. The van der Waals surface area contributed by atoms with Gasteiger partial charge in [0.15, 0.2) is 0 Å². The molecule has 2 atom stereocenters. The van der Waals surface area contributed by atoms with Crippen molar-refractivity contribution in [2.75, 3.05) is 6.61 Å². The van der Waals surface area contributed by atoms with Crippen molar-refractivity contribution in [3.05, 3.63) is 0 Å². The molecule has 0 aliphatic rings. The van der Waals surface area contributed by atoms with Gasteiger partial charge in [0.1, 0.15) is 0 Å². The summed E-state index contributed by atoms with van der Waals surface area (Å²) >= 11 is 0. The van der Waals surface area contributed by atoms with Gasteiger partial charge in [0.2, 0.25) is 0 Å². The maximum Gasteiger partial charge on any atom is 0.404 e. The Kier molecular flexibility index (Phi) is 40.0. The van der Waals surface area contributed by atoms with Crippen LogP contribution in [0.3, 0.4) is 0 Å².